The Morgan fingerprint density at radius 2 is 1.77 bits per heavy atom. The minimum absolute atomic E-state index is 0.229. The first-order chi connectivity index (χ1) is 10.4. The predicted molar refractivity (Wildman–Crippen MR) is 79.2 cm³/mol. The molecule has 3 rings (SSSR count). The van der Waals surface area contributed by atoms with E-state index in [1.165, 1.54) is 12.1 Å². The van der Waals surface area contributed by atoms with E-state index >= 15 is 0 Å². The highest BCUT2D eigenvalue weighted by molar-refractivity contribution is 6.31. The topological polar surface area (TPSA) is 25.0 Å². The predicted octanol–water partition coefficient (Wildman–Crippen LogP) is 5.31. The van der Waals surface area contributed by atoms with Crippen LogP contribution in [0.1, 0.15) is 11.1 Å². The van der Waals surface area contributed by atoms with Gasteiger partial charge in [-0.15, -0.1) is 13.2 Å². The summed E-state index contributed by atoms with van der Waals surface area (Å²) in [4.78, 5) is 3.15. The van der Waals surface area contributed by atoms with Gasteiger partial charge in [0.1, 0.15) is 5.75 Å². The van der Waals surface area contributed by atoms with E-state index in [2.05, 4.69) is 9.72 Å². The molecule has 22 heavy (non-hydrogen) atoms. The lowest BCUT2D eigenvalue weighted by atomic mass is 10.0. The summed E-state index contributed by atoms with van der Waals surface area (Å²) in [5, 5.41) is 1.62. The van der Waals surface area contributed by atoms with Crippen LogP contribution in [0.15, 0.2) is 48.7 Å². The number of aromatic amines is 1. The lowest BCUT2D eigenvalue weighted by Gasteiger charge is -2.10. The number of hydrogen-bond donors (Lipinski definition) is 1. The number of rotatable bonds is 3. The summed E-state index contributed by atoms with van der Waals surface area (Å²) in [6.45, 7) is 0. The van der Waals surface area contributed by atoms with Crippen molar-refractivity contribution in [1.82, 2.24) is 4.98 Å². The molecule has 0 spiro atoms. The molecule has 0 fully saturated rings. The van der Waals surface area contributed by atoms with Crippen LogP contribution < -0.4 is 4.74 Å². The number of fused-ring (bicyclic) bond motifs is 1. The van der Waals surface area contributed by atoms with Gasteiger partial charge in [-0.2, -0.15) is 0 Å². The Balaban J connectivity index is 1.84. The summed E-state index contributed by atoms with van der Waals surface area (Å²) < 4.78 is 40.2. The highest BCUT2D eigenvalue weighted by Gasteiger charge is 2.30. The summed E-state index contributed by atoms with van der Waals surface area (Å²) in [6.07, 6.45) is -2.29. The van der Waals surface area contributed by atoms with E-state index in [1.54, 1.807) is 12.1 Å². The lowest BCUT2D eigenvalue weighted by Crippen LogP contribution is -2.17. The number of hydrogen-bond acceptors (Lipinski definition) is 1. The molecule has 1 N–H and O–H groups in total. The fourth-order valence-corrected chi connectivity index (χ4v) is 2.63. The molecule has 1 aromatic heterocycles. The standard InChI is InChI=1S/C16H11ClF3NO/c17-13-8-11-5-6-21-15(11)12(9-13)7-10-1-3-14(4-2-10)22-16(18,19)20/h1-6,8-9,21H,7H2. The second-order valence-electron chi connectivity index (χ2n) is 4.88. The zero-order valence-electron chi connectivity index (χ0n) is 11.2. The number of H-pyrrole nitrogens is 1. The Morgan fingerprint density at radius 1 is 1.05 bits per heavy atom. The van der Waals surface area contributed by atoms with E-state index in [4.69, 9.17) is 11.6 Å². The van der Waals surface area contributed by atoms with Crippen molar-refractivity contribution in [1.29, 1.82) is 0 Å². The van der Waals surface area contributed by atoms with Crippen molar-refractivity contribution < 1.29 is 17.9 Å². The molecule has 3 aromatic rings. The first-order valence-corrected chi connectivity index (χ1v) is 6.89. The van der Waals surface area contributed by atoms with E-state index < -0.39 is 6.36 Å². The van der Waals surface area contributed by atoms with Crippen molar-refractivity contribution in [2.24, 2.45) is 0 Å². The quantitative estimate of drug-likeness (QED) is 0.693. The maximum absolute atomic E-state index is 12.1. The fraction of sp³-hybridized carbons (Fsp3) is 0.125. The minimum atomic E-state index is -4.68. The zero-order valence-corrected chi connectivity index (χ0v) is 12.0. The molecular weight excluding hydrogens is 315 g/mol. The molecule has 114 valence electrons. The van der Waals surface area contributed by atoms with Gasteiger partial charge in [-0.1, -0.05) is 23.7 Å². The van der Waals surface area contributed by atoms with Gasteiger partial charge in [-0.05, 0) is 47.9 Å². The van der Waals surface area contributed by atoms with E-state index in [1.807, 2.05) is 24.4 Å². The Labute approximate surface area is 129 Å². The van der Waals surface area contributed by atoms with Crippen LogP contribution in [0.2, 0.25) is 5.02 Å². The molecule has 0 aliphatic carbocycles. The highest BCUT2D eigenvalue weighted by atomic mass is 35.5. The maximum atomic E-state index is 12.1. The molecule has 2 nitrogen and oxygen atoms in total. The van der Waals surface area contributed by atoms with Crippen molar-refractivity contribution in [3.05, 3.63) is 64.8 Å². The number of alkyl halides is 3. The van der Waals surface area contributed by atoms with Crippen LogP contribution in [0.5, 0.6) is 5.75 Å². The van der Waals surface area contributed by atoms with Crippen LogP contribution in [0.3, 0.4) is 0 Å². The third-order valence-electron chi connectivity index (χ3n) is 3.26. The van der Waals surface area contributed by atoms with Gasteiger partial charge in [0.25, 0.3) is 0 Å². The average molecular weight is 326 g/mol. The molecule has 0 amide bonds. The molecule has 0 unspecified atom stereocenters. The fourth-order valence-electron chi connectivity index (χ4n) is 2.38. The summed E-state index contributed by atoms with van der Waals surface area (Å²) in [5.41, 5.74) is 2.82. The summed E-state index contributed by atoms with van der Waals surface area (Å²) in [6, 6.07) is 11.5. The van der Waals surface area contributed by atoms with E-state index in [-0.39, 0.29) is 5.75 Å². The van der Waals surface area contributed by atoms with Crippen molar-refractivity contribution in [2.75, 3.05) is 0 Å². The molecule has 0 atom stereocenters. The van der Waals surface area contributed by atoms with E-state index in [9.17, 15) is 13.2 Å². The molecular formula is C16H11ClF3NO. The van der Waals surface area contributed by atoms with Crippen LogP contribution >= 0.6 is 11.6 Å². The van der Waals surface area contributed by atoms with Gasteiger partial charge in [-0.3, -0.25) is 0 Å². The summed E-state index contributed by atoms with van der Waals surface area (Å²) >= 11 is 6.09. The van der Waals surface area contributed by atoms with Crippen molar-refractivity contribution in [2.45, 2.75) is 12.8 Å². The van der Waals surface area contributed by atoms with Crippen molar-refractivity contribution in [3.63, 3.8) is 0 Å². The van der Waals surface area contributed by atoms with Crippen LogP contribution in [-0.4, -0.2) is 11.3 Å². The second kappa shape index (κ2) is 5.57. The Morgan fingerprint density at radius 3 is 2.45 bits per heavy atom. The van der Waals surface area contributed by atoms with Gasteiger partial charge in [0.15, 0.2) is 0 Å². The Hall–Kier alpha value is -2.14. The number of nitrogens with one attached hydrogen (secondary N) is 1. The van der Waals surface area contributed by atoms with E-state index in [0.29, 0.717) is 11.4 Å². The molecule has 0 saturated carbocycles. The minimum Gasteiger partial charge on any atom is -0.406 e. The van der Waals surface area contributed by atoms with Crippen LogP contribution in [0, 0.1) is 0 Å². The Bertz CT molecular complexity index is 793. The van der Waals surface area contributed by atoms with Crippen molar-refractivity contribution in [3.8, 4) is 5.75 Å². The van der Waals surface area contributed by atoms with E-state index in [0.717, 1.165) is 22.0 Å². The van der Waals surface area contributed by atoms with Gasteiger partial charge in [0, 0.05) is 22.1 Å². The first-order valence-electron chi connectivity index (χ1n) is 6.51. The molecule has 0 radical (unpaired) electrons. The van der Waals surface area contributed by atoms with Gasteiger partial charge >= 0.3 is 6.36 Å². The highest BCUT2D eigenvalue weighted by Crippen LogP contribution is 2.27. The van der Waals surface area contributed by atoms with Gasteiger partial charge in [0.2, 0.25) is 0 Å². The Kier molecular flexibility index (Phi) is 3.74. The molecule has 1 heterocycles. The third-order valence-corrected chi connectivity index (χ3v) is 3.48. The largest absolute Gasteiger partial charge is 0.573 e. The lowest BCUT2D eigenvalue weighted by molar-refractivity contribution is -0.274. The van der Waals surface area contributed by atoms with Gasteiger partial charge in [0.05, 0.1) is 0 Å². The summed E-state index contributed by atoms with van der Waals surface area (Å²) in [5.74, 6) is -0.229. The molecule has 6 heteroatoms. The van der Waals surface area contributed by atoms with Crippen molar-refractivity contribution >= 4 is 22.5 Å². The number of ether oxygens (including phenoxy) is 1. The monoisotopic (exact) mass is 325 g/mol. The molecule has 0 aliphatic rings. The van der Waals surface area contributed by atoms with Crippen LogP contribution in [-0.2, 0) is 6.42 Å². The average Bonchev–Trinajstić information content (AvgIpc) is 2.87. The van der Waals surface area contributed by atoms with Crippen LogP contribution in [0.25, 0.3) is 10.9 Å². The molecule has 0 saturated heterocycles. The number of benzene rings is 2. The maximum Gasteiger partial charge on any atom is 0.573 e. The number of aromatic nitrogens is 1. The molecule has 0 bridgehead atoms. The summed E-state index contributed by atoms with van der Waals surface area (Å²) in [7, 11) is 0. The van der Waals surface area contributed by atoms with Gasteiger partial charge < -0.3 is 9.72 Å². The zero-order chi connectivity index (χ0) is 15.7. The van der Waals surface area contributed by atoms with Crippen LogP contribution in [0.4, 0.5) is 13.2 Å². The van der Waals surface area contributed by atoms with Gasteiger partial charge in [-0.25, -0.2) is 0 Å². The number of halogens is 4. The molecule has 0 aliphatic heterocycles. The smallest absolute Gasteiger partial charge is 0.406 e. The first kappa shape index (κ1) is 14.8. The third kappa shape index (κ3) is 3.36. The second-order valence-corrected chi connectivity index (χ2v) is 5.31. The normalized spacial score (nSPS) is 11.8. The SMILES string of the molecule is FC(F)(F)Oc1ccc(Cc2cc(Cl)cc3cc[nH]c23)cc1. The molecule has 2 aromatic carbocycles.